The Labute approximate surface area is 93.8 Å². The zero-order valence-corrected chi connectivity index (χ0v) is 9.07. The van der Waals surface area contributed by atoms with Crippen molar-refractivity contribution in [3.63, 3.8) is 0 Å². The number of primary amides is 1. The second-order valence-electron chi connectivity index (χ2n) is 3.41. The first kappa shape index (κ1) is 12.2. The van der Waals surface area contributed by atoms with Crippen LogP contribution in [0.3, 0.4) is 0 Å². The van der Waals surface area contributed by atoms with E-state index in [1.165, 1.54) is 0 Å². The molecule has 16 heavy (non-hydrogen) atoms. The first-order valence-corrected chi connectivity index (χ1v) is 5.01. The molecule has 5 nitrogen and oxygen atoms in total. The molecule has 2 amide bonds. The van der Waals surface area contributed by atoms with Crippen LogP contribution in [0.4, 0.5) is 5.69 Å². The predicted molar refractivity (Wildman–Crippen MR) is 61.9 cm³/mol. The molecule has 0 fully saturated rings. The highest BCUT2D eigenvalue weighted by atomic mass is 16.2. The second kappa shape index (κ2) is 5.27. The van der Waals surface area contributed by atoms with Crippen molar-refractivity contribution in [1.82, 2.24) is 0 Å². The number of hydrogen-bond donors (Lipinski definition) is 3. The highest BCUT2D eigenvalue weighted by Crippen LogP contribution is 2.14. The van der Waals surface area contributed by atoms with Gasteiger partial charge in [-0.2, -0.15) is 0 Å². The summed E-state index contributed by atoms with van der Waals surface area (Å²) in [6.45, 7) is 1.81. The lowest BCUT2D eigenvalue weighted by Crippen LogP contribution is -2.35. The summed E-state index contributed by atoms with van der Waals surface area (Å²) < 4.78 is 0. The van der Waals surface area contributed by atoms with E-state index in [0.717, 1.165) is 0 Å². The zero-order valence-electron chi connectivity index (χ0n) is 9.07. The van der Waals surface area contributed by atoms with Crippen molar-refractivity contribution in [3.05, 3.63) is 29.8 Å². The summed E-state index contributed by atoms with van der Waals surface area (Å²) in [5.41, 5.74) is 11.4. The van der Waals surface area contributed by atoms with Gasteiger partial charge >= 0.3 is 0 Å². The zero-order chi connectivity index (χ0) is 12.1. The van der Waals surface area contributed by atoms with E-state index < -0.39 is 11.9 Å². The van der Waals surface area contributed by atoms with Crippen LogP contribution >= 0.6 is 0 Å². The van der Waals surface area contributed by atoms with Gasteiger partial charge < -0.3 is 16.8 Å². The minimum atomic E-state index is -0.582. The number of rotatable bonds is 4. The van der Waals surface area contributed by atoms with Crippen LogP contribution in [-0.2, 0) is 4.79 Å². The number of carbonyl (C=O) groups is 2. The lowest BCUT2D eigenvalue weighted by atomic mass is 10.1. The quantitative estimate of drug-likeness (QED) is 0.688. The van der Waals surface area contributed by atoms with Crippen molar-refractivity contribution >= 4 is 17.5 Å². The molecule has 0 aromatic heterocycles. The molecule has 0 aliphatic rings. The van der Waals surface area contributed by atoms with Crippen LogP contribution in [0, 0.1) is 0 Å². The van der Waals surface area contributed by atoms with Gasteiger partial charge in [0.2, 0.25) is 5.91 Å². The molecule has 0 bridgehead atoms. The van der Waals surface area contributed by atoms with E-state index in [2.05, 4.69) is 5.32 Å². The number of amides is 2. The molecule has 1 atom stereocenters. The second-order valence-corrected chi connectivity index (χ2v) is 3.41. The van der Waals surface area contributed by atoms with Gasteiger partial charge in [0, 0.05) is 0 Å². The number of benzene rings is 1. The molecule has 1 aromatic carbocycles. The van der Waals surface area contributed by atoms with Gasteiger partial charge in [-0.15, -0.1) is 0 Å². The third kappa shape index (κ3) is 2.80. The summed E-state index contributed by atoms with van der Waals surface area (Å²) in [5, 5.41) is 2.58. The molecule has 5 heteroatoms. The average molecular weight is 221 g/mol. The van der Waals surface area contributed by atoms with Crippen molar-refractivity contribution < 1.29 is 9.59 Å². The van der Waals surface area contributed by atoms with E-state index in [4.69, 9.17) is 11.5 Å². The maximum Gasteiger partial charge on any atom is 0.250 e. The van der Waals surface area contributed by atoms with Gasteiger partial charge in [0.1, 0.15) is 0 Å². The maximum atomic E-state index is 11.5. The molecule has 0 aliphatic carbocycles. The molecular weight excluding hydrogens is 206 g/mol. The summed E-state index contributed by atoms with van der Waals surface area (Å²) in [6, 6.07) is 5.96. The minimum Gasteiger partial charge on any atom is -0.366 e. The van der Waals surface area contributed by atoms with Crippen molar-refractivity contribution in [2.45, 2.75) is 19.4 Å². The van der Waals surface area contributed by atoms with E-state index in [9.17, 15) is 9.59 Å². The molecule has 0 spiro atoms. The Bertz CT molecular complexity index is 404. The van der Waals surface area contributed by atoms with Crippen LogP contribution in [0.5, 0.6) is 0 Å². The lowest BCUT2D eigenvalue weighted by Gasteiger charge is -2.12. The molecular formula is C11H15N3O2. The summed E-state index contributed by atoms with van der Waals surface area (Å²) in [4.78, 5) is 22.6. The van der Waals surface area contributed by atoms with Gasteiger partial charge in [0.15, 0.2) is 0 Å². The average Bonchev–Trinajstić information content (AvgIpc) is 2.28. The molecule has 0 saturated carbocycles. The molecule has 1 unspecified atom stereocenters. The maximum absolute atomic E-state index is 11.5. The fraction of sp³-hybridized carbons (Fsp3) is 0.273. The van der Waals surface area contributed by atoms with E-state index in [0.29, 0.717) is 12.1 Å². The van der Waals surface area contributed by atoms with Gasteiger partial charge in [-0.05, 0) is 18.6 Å². The smallest absolute Gasteiger partial charge is 0.250 e. The number of carbonyl (C=O) groups excluding carboxylic acids is 2. The Balaban J connectivity index is 2.89. The molecule has 1 rings (SSSR count). The van der Waals surface area contributed by atoms with Crippen molar-refractivity contribution in [2.75, 3.05) is 5.32 Å². The van der Waals surface area contributed by atoms with Crippen molar-refractivity contribution in [1.29, 1.82) is 0 Å². The lowest BCUT2D eigenvalue weighted by molar-refractivity contribution is -0.117. The Kier molecular flexibility index (Phi) is 4.02. The van der Waals surface area contributed by atoms with Crippen molar-refractivity contribution in [3.8, 4) is 0 Å². The van der Waals surface area contributed by atoms with Crippen LogP contribution in [0.2, 0.25) is 0 Å². The van der Waals surface area contributed by atoms with E-state index in [1.807, 2.05) is 6.92 Å². The van der Waals surface area contributed by atoms with Gasteiger partial charge in [-0.1, -0.05) is 19.1 Å². The van der Waals surface area contributed by atoms with E-state index in [1.54, 1.807) is 24.3 Å². The van der Waals surface area contributed by atoms with Gasteiger partial charge in [0.05, 0.1) is 17.3 Å². The Morgan fingerprint density at radius 2 is 2.00 bits per heavy atom. The summed E-state index contributed by atoms with van der Waals surface area (Å²) >= 11 is 0. The number of anilines is 1. The summed E-state index contributed by atoms with van der Waals surface area (Å²) in [5.74, 6) is -0.905. The SMILES string of the molecule is CCC(N)C(=O)Nc1ccccc1C(N)=O. The first-order valence-electron chi connectivity index (χ1n) is 5.01. The predicted octanol–water partition coefficient (Wildman–Crippen LogP) is 0.461. The third-order valence-electron chi connectivity index (χ3n) is 2.23. The Morgan fingerprint density at radius 1 is 1.38 bits per heavy atom. The fourth-order valence-electron chi connectivity index (χ4n) is 1.22. The number of nitrogens with two attached hydrogens (primary N) is 2. The molecule has 0 heterocycles. The minimum absolute atomic E-state index is 0.277. The standard InChI is InChI=1S/C11H15N3O2/c1-2-8(12)11(16)14-9-6-4-3-5-7(9)10(13)15/h3-6,8H,2,12H2,1H3,(H2,13,15)(H,14,16). The van der Waals surface area contributed by atoms with Crippen LogP contribution in [-0.4, -0.2) is 17.9 Å². The highest BCUT2D eigenvalue weighted by molar-refractivity contribution is 6.04. The third-order valence-corrected chi connectivity index (χ3v) is 2.23. The fourth-order valence-corrected chi connectivity index (χ4v) is 1.22. The largest absolute Gasteiger partial charge is 0.366 e. The van der Waals surface area contributed by atoms with Gasteiger partial charge in [-0.25, -0.2) is 0 Å². The molecule has 86 valence electrons. The molecule has 0 aliphatic heterocycles. The van der Waals surface area contributed by atoms with E-state index >= 15 is 0 Å². The van der Waals surface area contributed by atoms with Crippen LogP contribution in [0.15, 0.2) is 24.3 Å². The Hall–Kier alpha value is -1.88. The van der Waals surface area contributed by atoms with Gasteiger partial charge in [-0.3, -0.25) is 9.59 Å². The highest BCUT2D eigenvalue weighted by Gasteiger charge is 2.14. The van der Waals surface area contributed by atoms with Crippen LogP contribution < -0.4 is 16.8 Å². The number of hydrogen-bond acceptors (Lipinski definition) is 3. The monoisotopic (exact) mass is 221 g/mol. The Morgan fingerprint density at radius 3 is 2.56 bits per heavy atom. The number of para-hydroxylation sites is 1. The topological polar surface area (TPSA) is 98.2 Å². The van der Waals surface area contributed by atoms with Crippen molar-refractivity contribution in [2.24, 2.45) is 11.5 Å². The molecule has 5 N–H and O–H groups in total. The van der Waals surface area contributed by atoms with Crippen LogP contribution in [0.1, 0.15) is 23.7 Å². The molecule has 0 radical (unpaired) electrons. The van der Waals surface area contributed by atoms with Gasteiger partial charge in [0.25, 0.3) is 5.91 Å². The normalized spacial score (nSPS) is 11.9. The summed E-state index contributed by atoms with van der Waals surface area (Å²) in [7, 11) is 0. The first-order chi connectivity index (χ1) is 7.56. The number of nitrogens with one attached hydrogen (secondary N) is 1. The molecule has 1 aromatic rings. The molecule has 0 saturated heterocycles. The van der Waals surface area contributed by atoms with E-state index in [-0.39, 0.29) is 11.5 Å². The van der Waals surface area contributed by atoms with Crippen LogP contribution in [0.25, 0.3) is 0 Å². The summed E-state index contributed by atoms with van der Waals surface area (Å²) in [6.07, 6.45) is 0.532.